The first-order valence-electron chi connectivity index (χ1n) is 12.7. The van der Waals surface area contributed by atoms with Crippen molar-refractivity contribution in [3.05, 3.63) is 83.9 Å². The molecule has 2 aromatic rings. The Balaban J connectivity index is 2.57. The predicted octanol–water partition coefficient (Wildman–Crippen LogP) is 6.74. The van der Waals surface area contributed by atoms with E-state index in [9.17, 15) is 22.8 Å². The van der Waals surface area contributed by atoms with E-state index in [0.29, 0.717) is 5.57 Å². The standard InChI is InChI=1S/C30H38F3NO5/c1-20(2)21(3)18-25(24(19-22-14-10-8-11-15-22)34-27(36)39-28(4,5)6)38-26(35)29(37-7,30(31,32)33)23-16-12-9-13-17-23/h8-17,20,24-25H,3,18-19H2,1-2,4-7H3,(H,34,36)/t24-,25-,29+/m0/s1. The minimum atomic E-state index is -5.15. The number of methoxy groups -OCH3 is 1. The van der Waals surface area contributed by atoms with Crippen molar-refractivity contribution in [2.24, 2.45) is 5.92 Å². The van der Waals surface area contributed by atoms with Crippen LogP contribution in [0.2, 0.25) is 0 Å². The molecule has 0 aliphatic carbocycles. The van der Waals surface area contributed by atoms with E-state index in [4.69, 9.17) is 14.2 Å². The Kier molecular flexibility index (Phi) is 10.8. The van der Waals surface area contributed by atoms with Crippen molar-refractivity contribution in [2.75, 3.05) is 7.11 Å². The van der Waals surface area contributed by atoms with Crippen molar-refractivity contribution >= 4 is 12.1 Å². The Labute approximate surface area is 228 Å². The molecule has 0 fully saturated rings. The summed E-state index contributed by atoms with van der Waals surface area (Å²) in [5, 5.41) is 2.72. The highest BCUT2D eigenvalue weighted by molar-refractivity contribution is 5.83. The van der Waals surface area contributed by atoms with Gasteiger partial charge in [-0.3, -0.25) is 0 Å². The highest BCUT2D eigenvalue weighted by atomic mass is 19.4. The summed E-state index contributed by atoms with van der Waals surface area (Å²) in [4.78, 5) is 26.3. The third-order valence-electron chi connectivity index (χ3n) is 6.16. The molecule has 2 rings (SSSR count). The number of nitrogens with one attached hydrogen (secondary N) is 1. The maximum Gasteiger partial charge on any atom is 0.432 e. The average molecular weight is 550 g/mol. The van der Waals surface area contributed by atoms with Crippen molar-refractivity contribution in [1.29, 1.82) is 0 Å². The van der Waals surface area contributed by atoms with Crippen LogP contribution in [0.4, 0.5) is 18.0 Å². The van der Waals surface area contributed by atoms with Gasteiger partial charge in [0.2, 0.25) is 0 Å². The number of alkyl halides is 3. The Hall–Kier alpha value is -3.33. The van der Waals surface area contributed by atoms with E-state index in [0.717, 1.165) is 24.8 Å². The largest absolute Gasteiger partial charge is 0.457 e. The summed E-state index contributed by atoms with van der Waals surface area (Å²) in [5.41, 5.74) is -3.23. The number of rotatable bonds is 11. The highest BCUT2D eigenvalue weighted by Gasteiger charge is 2.64. The molecular weight excluding hydrogens is 511 g/mol. The molecule has 6 nitrogen and oxygen atoms in total. The number of benzene rings is 2. The van der Waals surface area contributed by atoms with E-state index in [-0.39, 0.29) is 18.8 Å². The van der Waals surface area contributed by atoms with Gasteiger partial charge in [-0.15, -0.1) is 0 Å². The Morgan fingerprint density at radius 3 is 1.95 bits per heavy atom. The molecule has 2 aromatic carbocycles. The highest BCUT2D eigenvalue weighted by Crippen LogP contribution is 2.43. The SMILES string of the molecule is C=C(C[C@H](OC(=O)[C@](OC)(c1ccccc1)C(F)(F)F)[C@H](Cc1ccccc1)NC(=O)OC(C)(C)C)C(C)C. The maximum absolute atomic E-state index is 14.6. The van der Waals surface area contributed by atoms with E-state index in [1.54, 1.807) is 45.0 Å². The van der Waals surface area contributed by atoms with Gasteiger partial charge in [-0.2, -0.15) is 13.2 Å². The average Bonchev–Trinajstić information content (AvgIpc) is 2.83. The summed E-state index contributed by atoms with van der Waals surface area (Å²) >= 11 is 0. The molecule has 0 aliphatic heterocycles. The van der Waals surface area contributed by atoms with Crippen molar-refractivity contribution in [3.8, 4) is 0 Å². The summed E-state index contributed by atoms with van der Waals surface area (Å²) in [6.07, 6.45) is -7.01. The number of hydrogen-bond acceptors (Lipinski definition) is 5. The van der Waals surface area contributed by atoms with Crippen LogP contribution in [0.3, 0.4) is 0 Å². The Morgan fingerprint density at radius 2 is 1.49 bits per heavy atom. The van der Waals surface area contributed by atoms with Crippen molar-refractivity contribution < 1.29 is 37.0 Å². The van der Waals surface area contributed by atoms with E-state index in [1.165, 1.54) is 18.2 Å². The first-order chi connectivity index (χ1) is 18.1. The number of amides is 1. The smallest absolute Gasteiger partial charge is 0.432 e. The van der Waals surface area contributed by atoms with Crippen LogP contribution in [0, 0.1) is 5.92 Å². The van der Waals surface area contributed by atoms with Gasteiger partial charge in [-0.1, -0.05) is 86.7 Å². The lowest BCUT2D eigenvalue weighted by molar-refractivity contribution is -0.278. The predicted molar refractivity (Wildman–Crippen MR) is 143 cm³/mol. The molecule has 1 amide bonds. The summed E-state index contributed by atoms with van der Waals surface area (Å²) in [6, 6.07) is 14.7. The third-order valence-corrected chi connectivity index (χ3v) is 6.16. The van der Waals surface area contributed by atoms with Gasteiger partial charge in [0.15, 0.2) is 0 Å². The molecule has 0 aromatic heterocycles. The fourth-order valence-electron chi connectivity index (χ4n) is 3.97. The monoisotopic (exact) mass is 549 g/mol. The van der Waals surface area contributed by atoms with Crippen LogP contribution in [-0.2, 0) is 31.0 Å². The Bertz CT molecular complexity index is 1100. The zero-order valence-corrected chi connectivity index (χ0v) is 23.3. The summed E-state index contributed by atoms with van der Waals surface area (Å²) in [5.74, 6) is -1.71. The van der Waals surface area contributed by atoms with Crippen LogP contribution in [0.15, 0.2) is 72.8 Å². The molecule has 39 heavy (non-hydrogen) atoms. The fourth-order valence-corrected chi connectivity index (χ4v) is 3.97. The maximum atomic E-state index is 14.6. The second-order valence-electron chi connectivity index (χ2n) is 10.7. The van der Waals surface area contributed by atoms with Crippen molar-refractivity contribution in [2.45, 2.75) is 77.0 Å². The molecule has 0 aliphatic rings. The zero-order chi connectivity index (χ0) is 29.4. The number of alkyl carbamates (subject to hydrolysis) is 1. The number of ether oxygens (including phenoxy) is 3. The van der Waals surface area contributed by atoms with E-state index < -0.39 is 47.2 Å². The topological polar surface area (TPSA) is 73.9 Å². The summed E-state index contributed by atoms with van der Waals surface area (Å²) in [7, 11) is 0.810. The number of halogens is 3. The molecule has 0 radical (unpaired) electrons. The molecule has 9 heteroatoms. The molecular formula is C30H38F3NO5. The van der Waals surface area contributed by atoms with Crippen LogP contribution in [0.5, 0.6) is 0 Å². The van der Waals surface area contributed by atoms with Crippen LogP contribution in [0.25, 0.3) is 0 Å². The molecule has 0 spiro atoms. The Morgan fingerprint density at radius 1 is 0.949 bits per heavy atom. The molecule has 0 unspecified atom stereocenters. The third kappa shape index (κ3) is 8.58. The lowest BCUT2D eigenvalue weighted by atomic mass is 9.90. The molecule has 0 bridgehead atoms. The van der Waals surface area contributed by atoms with Gasteiger partial charge in [0.1, 0.15) is 11.7 Å². The van der Waals surface area contributed by atoms with Gasteiger partial charge in [-0.25, -0.2) is 9.59 Å². The first kappa shape index (κ1) is 31.9. The molecule has 0 saturated heterocycles. The lowest BCUT2D eigenvalue weighted by Crippen LogP contribution is -2.55. The normalized spacial score (nSPS) is 15.1. The molecule has 0 saturated carbocycles. The van der Waals surface area contributed by atoms with Gasteiger partial charge in [0, 0.05) is 19.1 Å². The second kappa shape index (κ2) is 13.2. The van der Waals surface area contributed by atoms with Crippen LogP contribution < -0.4 is 5.32 Å². The molecule has 3 atom stereocenters. The van der Waals surface area contributed by atoms with Gasteiger partial charge in [0.25, 0.3) is 5.60 Å². The van der Waals surface area contributed by atoms with Crippen LogP contribution >= 0.6 is 0 Å². The molecule has 214 valence electrons. The first-order valence-corrected chi connectivity index (χ1v) is 12.7. The van der Waals surface area contributed by atoms with Gasteiger partial charge in [-0.05, 0) is 38.7 Å². The van der Waals surface area contributed by atoms with Gasteiger partial charge >= 0.3 is 18.2 Å². The van der Waals surface area contributed by atoms with Gasteiger partial charge < -0.3 is 19.5 Å². The quantitative estimate of drug-likeness (QED) is 0.248. The minimum absolute atomic E-state index is 0.00312. The van der Waals surface area contributed by atoms with Crippen molar-refractivity contribution in [3.63, 3.8) is 0 Å². The van der Waals surface area contributed by atoms with Gasteiger partial charge in [0.05, 0.1) is 6.04 Å². The van der Waals surface area contributed by atoms with Crippen molar-refractivity contribution in [1.82, 2.24) is 5.32 Å². The van der Waals surface area contributed by atoms with Crippen LogP contribution in [0.1, 0.15) is 52.2 Å². The number of carbonyl (C=O) groups excluding carboxylic acids is 2. The van der Waals surface area contributed by atoms with E-state index >= 15 is 0 Å². The molecule has 0 heterocycles. The summed E-state index contributed by atoms with van der Waals surface area (Å²) in [6.45, 7) is 12.8. The second-order valence-corrected chi connectivity index (χ2v) is 10.7. The minimum Gasteiger partial charge on any atom is -0.457 e. The van der Waals surface area contributed by atoms with E-state index in [2.05, 4.69) is 11.9 Å². The lowest BCUT2D eigenvalue weighted by Gasteiger charge is -2.36. The summed E-state index contributed by atoms with van der Waals surface area (Å²) < 4.78 is 59.7. The number of esters is 1. The zero-order valence-electron chi connectivity index (χ0n) is 23.3. The number of carbonyl (C=O) groups is 2. The molecule has 1 N–H and O–H groups in total. The fraction of sp³-hybridized carbons (Fsp3) is 0.467. The van der Waals surface area contributed by atoms with E-state index in [1.807, 2.05) is 19.9 Å². The van der Waals surface area contributed by atoms with Crippen LogP contribution in [-0.4, -0.2) is 43.1 Å². The number of hydrogen-bond donors (Lipinski definition) is 1.